The van der Waals surface area contributed by atoms with E-state index in [1.165, 1.54) is 11.8 Å². The van der Waals surface area contributed by atoms with E-state index in [0.29, 0.717) is 29.2 Å². The molecule has 3 saturated heterocycles. The third-order valence-corrected chi connectivity index (χ3v) is 16.4. The van der Waals surface area contributed by atoms with Crippen molar-refractivity contribution in [1.82, 2.24) is 4.90 Å². The van der Waals surface area contributed by atoms with Gasteiger partial charge in [-0.2, -0.15) is 0 Å². The molecule has 0 bridgehead atoms. The number of fused-ring (bicyclic) bond motifs is 2. The van der Waals surface area contributed by atoms with Gasteiger partial charge in [0.1, 0.15) is 11.5 Å². The van der Waals surface area contributed by atoms with Crippen LogP contribution in [0.1, 0.15) is 50.7 Å². The number of β-lactam (4-membered cyclic amide) rings is 1. The lowest BCUT2D eigenvalue weighted by molar-refractivity contribution is -0.154. The molecule has 6 atom stereocenters. The number of ether oxygens (including phenoxy) is 4. The average Bonchev–Trinajstić information content (AvgIpc) is 3.82. The number of rotatable bonds is 11. The Morgan fingerprint density at radius 1 is 0.981 bits per heavy atom. The van der Waals surface area contributed by atoms with Crippen molar-refractivity contribution in [2.24, 2.45) is 5.92 Å². The summed E-state index contributed by atoms with van der Waals surface area (Å²) in [6, 6.07) is 20.8. The summed E-state index contributed by atoms with van der Waals surface area (Å²) >= 11 is 0. The zero-order chi connectivity index (χ0) is 38.5. The molecule has 4 aliphatic heterocycles. The van der Waals surface area contributed by atoms with Gasteiger partial charge in [0.2, 0.25) is 11.8 Å². The van der Waals surface area contributed by atoms with Gasteiger partial charge in [-0.15, -0.1) is 0 Å². The fourth-order valence-electron chi connectivity index (χ4n) is 9.35. The van der Waals surface area contributed by atoms with E-state index < -0.39 is 32.0 Å². The van der Waals surface area contributed by atoms with Crippen molar-refractivity contribution in [2.75, 3.05) is 37.2 Å². The molecule has 286 valence electrons. The van der Waals surface area contributed by atoms with Gasteiger partial charge in [0.25, 0.3) is 5.91 Å². The Labute approximate surface area is 316 Å². The first-order valence-corrected chi connectivity index (χ1v) is 21.7. The smallest absolute Gasteiger partial charge is 0.304 e. The minimum atomic E-state index is -2.51. The molecule has 1 spiro atoms. The van der Waals surface area contributed by atoms with Gasteiger partial charge in [-0.05, 0) is 66.4 Å². The number of methoxy groups -OCH3 is 2. The highest BCUT2D eigenvalue weighted by Gasteiger charge is 2.66. The molecule has 3 amide bonds. The molecule has 13 heteroatoms. The number of likely N-dealkylation sites (tertiary alicyclic amines) is 1. The Kier molecular flexibility index (Phi) is 10.1. The second-order valence-corrected chi connectivity index (χ2v) is 20.1. The zero-order valence-electron chi connectivity index (χ0n) is 31.7. The average molecular weight is 756 g/mol. The van der Waals surface area contributed by atoms with Crippen LogP contribution in [0.25, 0.3) is 0 Å². The van der Waals surface area contributed by atoms with Crippen LogP contribution >= 0.6 is 0 Å². The van der Waals surface area contributed by atoms with E-state index in [1.54, 1.807) is 36.2 Å². The number of nitrogens with zero attached hydrogens (tertiary/aromatic N) is 3. The largest absolute Gasteiger partial charge is 0.497 e. The highest BCUT2D eigenvalue weighted by atomic mass is 28.3. The van der Waals surface area contributed by atoms with Crippen molar-refractivity contribution in [3.05, 3.63) is 77.9 Å². The fourth-order valence-corrected chi connectivity index (χ4v) is 13.4. The molecule has 54 heavy (non-hydrogen) atoms. The molecule has 1 N–H and O–H groups in total. The number of aliphatic hydroxyl groups excluding tert-OH is 1. The maximum absolute atomic E-state index is 15.2. The summed E-state index contributed by atoms with van der Waals surface area (Å²) in [5, 5.41) is 11.2. The second-order valence-electron chi connectivity index (χ2n) is 15.4. The number of esters is 1. The number of hydrogen-bond acceptors (Lipinski definition) is 9. The first kappa shape index (κ1) is 37.6. The summed E-state index contributed by atoms with van der Waals surface area (Å²) in [5.41, 5.74) is 1.31. The minimum absolute atomic E-state index is 0.0739. The van der Waals surface area contributed by atoms with E-state index in [2.05, 4.69) is 32.2 Å². The Morgan fingerprint density at radius 2 is 1.67 bits per heavy atom. The van der Waals surface area contributed by atoms with E-state index in [0.717, 1.165) is 29.3 Å². The van der Waals surface area contributed by atoms with Gasteiger partial charge in [-0.1, -0.05) is 49.5 Å². The number of hydrogen-bond donors (Lipinski definition) is 1. The molecule has 3 aromatic rings. The molecule has 0 aliphatic carbocycles. The Bertz CT molecular complexity index is 1940. The summed E-state index contributed by atoms with van der Waals surface area (Å²) in [4.78, 5) is 58.3. The van der Waals surface area contributed by atoms with Crippen molar-refractivity contribution < 1.29 is 43.2 Å². The molecule has 4 heterocycles. The Hall–Kier alpha value is -4.72. The fraction of sp³-hybridized carbons (Fsp3) is 0.463. The highest BCUT2D eigenvalue weighted by Crippen LogP contribution is 2.60. The topological polar surface area (TPSA) is 135 Å². The SMILES string of the molecule is COc1ccc([Si](C)(C)[C@@H]2[C@@H](CC(=O)N3CCC[C@H]3CO)O[C@]3(C(=O)N(Cc4ccc(N5C(=O)CC5OC(C)=O)cc4)c4ccc(OC)cc43)[C@H]2C)cc1. The van der Waals surface area contributed by atoms with E-state index in [-0.39, 0.29) is 61.2 Å². The van der Waals surface area contributed by atoms with Crippen molar-refractivity contribution in [1.29, 1.82) is 0 Å². The standard InChI is InChI=1S/C41H49N3O9Si/c1-25-39(54(5,6)32-16-13-30(50-3)14-17-32)35(21-36(47)42-19-7-8-29(42)24-45)53-41(25)33-20-31(51-4)15-18-34(33)43(40(41)49)23-27-9-11-28(12-10-27)44-37(48)22-38(44)52-26(2)46/h9-18,20,25,29,35,38-39,45H,7-8,19,21-24H2,1-6H3/t25-,29-,35+,38?,39-,41+/m0/s1. The molecule has 1 unspecified atom stereocenters. The lowest BCUT2D eigenvalue weighted by atomic mass is 9.82. The number of carbonyl (C=O) groups excluding carboxylic acids is 4. The molecule has 0 radical (unpaired) electrons. The lowest BCUT2D eigenvalue weighted by Gasteiger charge is -2.39. The monoisotopic (exact) mass is 755 g/mol. The molecule has 0 saturated carbocycles. The maximum Gasteiger partial charge on any atom is 0.304 e. The number of carbonyl (C=O) groups is 4. The third-order valence-electron chi connectivity index (χ3n) is 12.1. The van der Waals surface area contributed by atoms with Crippen LogP contribution in [0.2, 0.25) is 18.6 Å². The van der Waals surface area contributed by atoms with Crippen molar-refractivity contribution in [3.63, 3.8) is 0 Å². The van der Waals surface area contributed by atoms with Gasteiger partial charge in [0.15, 0.2) is 11.8 Å². The quantitative estimate of drug-likeness (QED) is 0.171. The molecule has 4 aliphatic rings. The molecular formula is C41H49N3O9Si. The summed E-state index contributed by atoms with van der Waals surface area (Å²) in [6.45, 7) is 8.70. The predicted molar refractivity (Wildman–Crippen MR) is 204 cm³/mol. The van der Waals surface area contributed by atoms with Crippen LogP contribution < -0.4 is 24.5 Å². The Balaban J connectivity index is 1.25. The number of aliphatic hydroxyl groups is 1. The minimum Gasteiger partial charge on any atom is -0.497 e. The number of amides is 3. The van der Waals surface area contributed by atoms with Crippen molar-refractivity contribution in [3.8, 4) is 11.5 Å². The maximum atomic E-state index is 15.2. The van der Waals surface area contributed by atoms with Gasteiger partial charge >= 0.3 is 5.97 Å². The van der Waals surface area contributed by atoms with Gasteiger partial charge in [-0.25, -0.2) is 0 Å². The summed E-state index contributed by atoms with van der Waals surface area (Å²) < 4.78 is 23.6. The van der Waals surface area contributed by atoms with Gasteiger partial charge in [0, 0.05) is 30.6 Å². The van der Waals surface area contributed by atoms with Crippen LogP contribution in [0.3, 0.4) is 0 Å². The number of benzene rings is 3. The van der Waals surface area contributed by atoms with Gasteiger partial charge < -0.3 is 33.9 Å². The highest BCUT2D eigenvalue weighted by molar-refractivity contribution is 6.91. The molecular weight excluding hydrogens is 707 g/mol. The van der Waals surface area contributed by atoms with E-state index >= 15 is 4.79 Å². The van der Waals surface area contributed by atoms with Gasteiger partial charge in [-0.3, -0.25) is 24.1 Å². The first-order chi connectivity index (χ1) is 25.8. The van der Waals surface area contributed by atoms with Crippen LogP contribution in [0, 0.1) is 5.92 Å². The second kappa shape index (κ2) is 14.5. The van der Waals surface area contributed by atoms with Crippen LogP contribution in [0.15, 0.2) is 66.7 Å². The molecule has 7 rings (SSSR count). The van der Waals surface area contributed by atoms with Crippen LogP contribution in [0.5, 0.6) is 11.5 Å². The zero-order valence-corrected chi connectivity index (χ0v) is 32.7. The van der Waals surface area contributed by atoms with Crippen LogP contribution in [-0.2, 0) is 40.8 Å². The molecule has 3 fully saturated rings. The van der Waals surface area contributed by atoms with Crippen LogP contribution in [-0.4, -0.2) is 87.5 Å². The molecule has 0 aromatic heterocycles. The third kappa shape index (κ3) is 6.25. The molecule has 12 nitrogen and oxygen atoms in total. The predicted octanol–water partition coefficient (Wildman–Crippen LogP) is 4.47. The van der Waals surface area contributed by atoms with Crippen LogP contribution in [0.4, 0.5) is 11.4 Å². The van der Waals surface area contributed by atoms with E-state index in [4.69, 9.17) is 18.9 Å². The Morgan fingerprint density at radius 3 is 2.30 bits per heavy atom. The van der Waals surface area contributed by atoms with Crippen molar-refractivity contribution >= 4 is 48.3 Å². The lowest BCUT2D eigenvalue weighted by Crippen LogP contribution is -2.54. The summed E-state index contributed by atoms with van der Waals surface area (Å²) in [6.07, 6.45) is 0.612. The summed E-state index contributed by atoms with van der Waals surface area (Å²) in [7, 11) is 0.726. The first-order valence-electron chi connectivity index (χ1n) is 18.6. The van der Waals surface area contributed by atoms with Crippen molar-refractivity contribution in [2.45, 2.75) is 88.7 Å². The van der Waals surface area contributed by atoms with Gasteiger partial charge in [0.05, 0.1) is 66.1 Å². The van der Waals surface area contributed by atoms with E-state index in [9.17, 15) is 19.5 Å². The summed E-state index contributed by atoms with van der Waals surface area (Å²) in [5.74, 6) is 0.148. The molecule has 3 aromatic carbocycles. The number of anilines is 2. The van der Waals surface area contributed by atoms with E-state index in [1.807, 2.05) is 42.5 Å². The normalized spacial score (nSPS) is 26.3.